The van der Waals surface area contributed by atoms with Crippen molar-refractivity contribution in [1.29, 1.82) is 0 Å². The molecule has 0 atom stereocenters. The van der Waals surface area contributed by atoms with Gasteiger partial charge in [-0.05, 0) is 53.6 Å². The molecule has 3 heteroatoms. The maximum atomic E-state index is 11.9. The van der Waals surface area contributed by atoms with Crippen LogP contribution >= 0.6 is 0 Å². The fraction of sp³-hybridized carbons (Fsp3) is 0.381. The molecule has 0 amide bonds. The van der Waals surface area contributed by atoms with Gasteiger partial charge in [0.15, 0.2) is 0 Å². The zero-order chi connectivity index (χ0) is 17.6. The molecule has 3 nitrogen and oxygen atoms in total. The van der Waals surface area contributed by atoms with Crippen molar-refractivity contribution in [2.75, 3.05) is 7.11 Å². The largest absolute Gasteiger partial charge is 0.497 e. The maximum Gasteiger partial charge on any atom is 0.311 e. The Kier molecular flexibility index (Phi) is 6.02. The minimum Gasteiger partial charge on any atom is -0.497 e. The van der Waals surface area contributed by atoms with Crippen molar-refractivity contribution in [2.24, 2.45) is 0 Å². The lowest BCUT2D eigenvalue weighted by molar-refractivity contribution is -0.134. The van der Waals surface area contributed by atoms with Crippen LogP contribution in [0, 0.1) is 0 Å². The Bertz CT molecular complexity index is 649. The number of esters is 1. The van der Waals surface area contributed by atoms with Gasteiger partial charge in [0.25, 0.3) is 0 Å². The Morgan fingerprint density at radius 2 is 1.50 bits per heavy atom. The van der Waals surface area contributed by atoms with Crippen LogP contribution in [0.15, 0.2) is 48.5 Å². The molecule has 0 aliphatic rings. The summed E-state index contributed by atoms with van der Waals surface area (Å²) in [4.78, 5) is 11.9. The molecule has 0 radical (unpaired) electrons. The minimum absolute atomic E-state index is 0.0981. The van der Waals surface area contributed by atoms with E-state index in [0.717, 1.165) is 18.6 Å². The predicted molar refractivity (Wildman–Crippen MR) is 96.7 cm³/mol. The molecule has 2 aromatic rings. The number of hydrogen-bond donors (Lipinski definition) is 0. The summed E-state index contributed by atoms with van der Waals surface area (Å²) >= 11 is 0. The number of carbonyl (C=O) groups is 1. The Hall–Kier alpha value is -2.29. The van der Waals surface area contributed by atoms with Crippen molar-refractivity contribution in [2.45, 2.75) is 45.4 Å². The Morgan fingerprint density at radius 1 is 0.917 bits per heavy atom. The average molecular weight is 326 g/mol. The zero-order valence-corrected chi connectivity index (χ0v) is 15.0. The molecule has 128 valence electrons. The molecule has 0 N–H and O–H groups in total. The molecule has 24 heavy (non-hydrogen) atoms. The van der Waals surface area contributed by atoms with Crippen LogP contribution in [-0.4, -0.2) is 13.1 Å². The van der Waals surface area contributed by atoms with Gasteiger partial charge in [0.2, 0.25) is 0 Å². The molecule has 0 fully saturated rings. The summed E-state index contributed by atoms with van der Waals surface area (Å²) in [5.74, 6) is 1.27. The molecule has 2 aromatic carbocycles. The van der Waals surface area contributed by atoms with E-state index >= 15 is 0 Å². The molecule has 0 spiro atoms. The topological polar surface area (TPSA) is 35.5 Å². The lowest BCUT2D eigenvalue weighted by Crippen LogP contribution is -2.11. The Labute approximate surface area is 144 Å². The van der Waals surface area contributed by atoms with Crippen LogP contribution in [0.4, 0.5) is 0 Å². The van der Waals surface area contributed by atoms with Gasteiger partial charge in [-0.1, -0.05) is 45.0 Å². The van der Waals surface area contributed by atoms with E-state index in [2.05, 4.69) is 20.8 Å². The van der Waals surface area contributed by atoms with Crippen molar-refractivity contribution >= 4 is 5.97 Å². The summed E-state index contributed by atoms with van der Waals surface area (Å²) in [7, 11) is 1.65. The molecule has 0 saturated carbocycles. The SMILES string of the molecule is COc1ccc(CCCC(=O)Oc2ccc(C(C)(C)C)cc2)cc1. The standard InChI is InChI=1S/C21H26O3/c1-21(2,3)17-10-14-19(15-11-17)24-20(22)7-5-6-16-8-12-18(23-4)13-9-16/h8-15H,5-7H2,1-4H3. The number of methoxy groups -OCH3 is 1. The normalized spacial score (nSPS) is 11.2. The van der Waals surface area contributed by atoms with Gasteiger partial charge in [0.1, 0.15) is 11.5 Å². The molecule has 2 rings (SSSR count). The third-order valence-electron chi connectivity index (χ3n) is 3.96. The summed E-state index contributed by atoms with van der Waals surface area (Å²) < 4.78 is 10.5. The lowest BCUT2D eigenvalue weighted by atomic mass is 9.87. The minimum atomic E-state index is -0.188. The molecule has 0 saturated heterocycles. The van der Waals surface area contributed by atoms with Crippen LogP contribution in [0.1, 0.15) is 44.7 Å². The summed E-state index contributed by atoms with van der Waals surface area (Å²) in [6.45, 7) is 6.48. The van der Waals surface area contributed by atoms with E-state index in [1.807, 2.05) is 48.5 Å². The average Bonchev–Trinajstić information content (AvgIpc) is 2.55. The van der Waals surface area contributed by atoms with E-state index in [1.54, 1.807) is 7.11 Å². The highest BCUT2D eigenvalue weighted by Gasteiger charge is 2.13. The van der Waals surface area contributed by atoms with E-state index in [4.69, 9.17) is 9.47 Å². The zero-order valence-electron chi connectivity index (χ0n) is 15.0. The number of benzene rings is 2. The van der Waals surface area contributed by atoms with Crippen LogP contribution in [-0.2, 0) is 16.6 Å². The first-order valence-corrected chi connectivity index (χ1v) is 8.32. The van der Waals surface area contributed by atoms with Crippen molar-refractivity contribution in [3.05, 3.63) is 59.7 Å². The second-order valence-electron chi connectivity index (χ2n) is 6.95. The van der Waals surface area contributed by atoms with Gasteiger partial charge < -0.3 is 9.47 Å². The van der Waals surface area contributed by atoms with E-state index in [0.29, 0.717) is 12.2 Å². The van der Waals surface area contributed by atoms with Crippen LogP contribution in [0.2, 0.25) is 0 Å². The third kappa shape index (κ3) is 5.41. The number of ether oxygens (including phenoxy) is 2. The van der Waals surface area contributed by atoms with E-state index in [1.165, 1.54) is 11.1 Å². The summed E-state index contributed by atoms with van der Waals surface area (Å²) in [6.07, 6.45) is 2.03. The smallest absolute Gasteiger partial charge is 0.311 e. The second-order valence-corrected chi connectivity index (χ2v) is 6.95. The molecule has 0 bridgehead atoms. The first-order chi connectivity index (χ1) is 11.4. The van der Waals surface area contributed by atoms with Crippen LogP contribution in [0.5, 0.6) is 11.5 Å². The number of carbonyl (C=O) groups excluding carboxylic acids is 1. The molecule has 0 aliphatic heterocycles. The predicted octanol–water partition coefficient (Wildman–Crippen LogP) is 4.92. The lowest BCUT2D eigenvalue weighted by Gasteiger charge is -2.19. The van der Waals surface area contributed by atoms with E-state index in [9.17, 15) is 4.79 Å². The highest BCUT2D eigenvalue weighted by atomic mass is 16.5. The number of aryl methyl sites for hydroxylation is 1. The molecule has 0 heterocycles. The van der Waals surface area contributed by atoms with Crippen LogP contribution in [0.3, 0.4) is 0 Å². The monoisotopic (exact) mass is 326 g/mol. The van der Waals surface area contributed by atoms with Crippen molar-refractivity contribution in [1.82, 2.24) is 0 Å². The summed E-state index contributed by atoms with van der Waals surface area (Å²) in [5.41, 5.74) is 2.51. The van der Waals surface area contributed by atoms with Crippen molar-refractivity contribution in [3.8, 4) is 11.5 Å². The van der Waals surface area contributed by atoms with E-state index in [-0.39, 0.29) is 11.4 Å². The van der Waals surface area contributed by atoms with Gasteiger partial charge in [-0.15, -0.1) is 0 Å². The fourth-order valence-corrected chi connectivity index (χ4v) is 2.43. The van der Waals surface area contributed by atoms with Crippen molar-refractivity contribution in [3.63, 3.8) is 0 Å². The highest BCUT2D eigenvalue weighted by Crippen LogP contribution is 2.24. The summed E-state index contributed by atoms with van der Waals surface area (Å²) in [6, 6.07) is 15.7. The van der Waals surface area contributed by atoms with Gasteiger partial charge in [-0.25, -0.2) is 0 Å². The number of hydrogen-bond acceptors (Lipinski definition) is 3. The van der Waals surface area contributed by atoms with Crippen molar-refractivity contribution < 1.29 is 14.3 Å². The van der Waals surface area contributed by atoms with Gasteiger partial charge in [0.05, 0.1) is 7.11 Å². The molecule has 0 aliphatic carbocycles. The van der Waals surface area contributed by atoms with Gasteiger partial charge in [-0.2, -0.15) is 0 Å². The first-order valence-electron chi connectivity index (χ1n) is 8.32. The highest BCUT2D eigenvalue weighted by molar-refractivity contribution is 5.72. The molecule has 0 aromatic heterocycles. The van der Waals surface area contributed by atoms with Crippen LogP contribution < -0.4 is 9.47 Å². The van der Waals surface area contributed by atoms with E-state index < -0.39 is 0 Å². The van der Waals surface area contributed by atoms with Crippen LogP contribution in [0.25, 0.3) is 0 Å². The van der Waals surface area contributed by atoms with Gasteiger partial charge in [0, 0.05) is 6.42 Å². The Morgan fingerprint density at radius 3 is 2.04 bits per heavy atom. The first kappa shape index (κ1) is 18.1. The quantitative estimate of drug-likeness (QED) is 0.558. The Balaban J connectivity index is 1.78. The summed E-state index contributed by atoms with van der Waals surface area (Å²) in [5, 5.41) is 0. The number of rotatable bonds is 6. The molecule has 0 unspecified atom stereocenters. The molecular weight excluding hydrogens is 300 g/mol. The fourth-order valence-electron chi connectivity index (χ4n) is 2.43. The third-order valence-corrected chi connectivity index (χ3v) is 3.96. The maximum absolute atomic E-state index is 11.9. The second kappa shape index (κ2) is 8.00. The van der Waals surface area contributed by atoms with Gasteiger partial charge in [-0.3, -0.25) is 4.79 Å². The molecular formula is C21H26O3. The van der Waals surface area contributed by atoms with Gasteiger partial charge >= 0.3 is 5.97 Å².